The van der Waals surface area contributed by atoms with Crippen molar-refractivity contribution in [2.24, 2.45) is 21.9 Å². The SMILES string of the molecule is CSC[C@]12CC[C@H](C/C1=N\O)C2(C)C. The number of thioether (sulfide) groups is 1. The monoisotopic (exact) mass is 213 g/mol. The Hall–Kier alpha value is -0.180. The van der Waals surface area contributed by atoms with Crippen LogP contribution in [0.15, 0.2) is 5.16 Å². The van der Waals surface area contributed by atoms with Gasteiger partial charge in [0.1, 0.15) is 0 Å². The van der Waals surface area contributed by atoms with E-state index in [-0.39, 0.29) is 5.41 Å². The van der Waals surface area contributed by atoms with E-state index in [1.54, 1.807) is 0 Å². The average Bonchev–Trinajstić information content (AvgIpc) is 2.51. The van der Waals surface area contributed by atoms with Gasteiger partial charge in [0, 0.05) is 11.2 Å². The number of fused-ring (bicyclic) bond motifs is 2. The molecule has 2 rings (SSSR count). The molecule has 2 fully saturated rings. The summed E-state index contributed by atoms with van der Waals surface area (Å²) in [6.45, 7) is 4.69. The molecule has 2 aliphatic carbocycles. The Morgan fingerprint density at radius 1 is 1.57 bits per heavy atom. The zero-order valence-electron chi connectivity index (χ0n) is 9.21. The highest BCUT2D eigenvalue weighted by Gasteiger charge is 2.62. The fraction of sp³-hybridized carbons (Fsp3) is 0.909. The molecule has 2 nitrogen and oxygen atoms in total. The Balaban J connectivity index is 2.41. The summed E-state index contributed by atoms with van der Waals surface area (Å²) in [6.07, 6.45) is 5.69. The minimum atomic E-state index is 0.186. The fourth-order valence-corrected chi connectivity index (χ4v) is 4.70. The van der Waals surface area contributed by atoms with Gasteiger partial charge in [-0.3, -0.25) is 0 Å². The molecule has 0 saturated heterocycles. The van der Waals surface area contributed by atoms with E-state index in [9.17, 15) is 0 Å². The highest BCUT2D eigenvalue weighted by molar-refractivity contribution is 7.98. The first-order valence-corrected chi connectivity index (χ1v) is 6.68. The molecule has 0 radical (unpaired) electrons. The Morgan fingerprint density at radius 3 is 2.79 bits per heavy atom. The highest BCUT2D eigenvalue weighted by Crippen LogP contribution is 2.64. The number of nitrogens with zero attached hydrogens (tertiary/aromatic N) is 1. The second-order valence-corrected chi connectivity index (χ2v) is 6.09. The quantitative estimate of drug-likeness (QED) is 0.565. The van der Waals surface area contributed by atoms with Crippen molar-refractivity contribution in [2.75, 3.05) is 12.0 Å². The molecule has 2 saturated carbocycles. The lowest BCUT2D eigenvalue weighted by Crippen LogP contribution is -2.38. The molecule has 1 N–H and O–H groups in total. The van der Waals surface area contributed by atoms with E-state index in [0.29, 0.717) is 5.41 Å². The molecule has 0 aromatic heterocycles. The number of rotatable bonds is 2. The second-order valence-electron chi connectivity index (χ2n) is 5.22. The summed E-state index contributed by atoms with van der Waals surface area (Å²) in [5.74, 6) is 1.84. The van der Waals surface area contributed by atoms with Crippen molar-refractivity contribution in [1.82, 2.24) is 0 Å². The van der Waals surface area contributed by atoms with Gasteiger partial charge in [0.15, 0.2) is 0 Å². The predicted molar refractivity (Wildman–Crippen MR) is 61.2 cm³/mol. The van der Waals surface area contributed by atoms with Crippen molar-refractivity contribution >= 4 is 17.5 Å². The van der Waals surface area contributed by atoms with Gasteiger partial charge in [0.2, 0.25) is 0 Å². The van der Waals surface area contributed by atoms with Crippen LogP contribution >= 0.6 is 11.8 Å². The zero-order valence-corrected chi connectivity index (χ0v) is 10.0. The topological polar surface area (TPSA) is 32.6 Å². The normalized spacial score (nSPS) is 42.2. The van der Waals surface area contributed by atoms with Crippen molar-refractivity contribution in [2.45, 2.75) is 33.1 Å². The van der Waals surface area contributed by atoms with E-state index in [0.717, 1.165) is 23.8 Å². The summed E-state index contributed by atoms with van der Waals surface area (Å²) in [4.78, 5) is 0. The summed E-state index contributed by atoms with van der Waals surface area (Å²) in [7, 11) is 0. The molecule has 0 unspecified atom stereocenters. The number of hydrogen-bond acceptors (Lipinski definition) is 3. The van der Waals surface area contributed by atoms with E-state index in [1.807, 2.05) is 11.8 Å². The third-order valence-electron chi connectivity index (χ3n) is 4.68. The smallest absolute Gasteiger partial charge is 0.0649 e. The van der Waals surface area contributed by atoms with E-state index >= 15 is 0 Å². The summed E-state index contributed by atoms with van der Waals surface area (Å²) >= 11 is 1.88. The van der Waals surface area contributed by atoms with Crippen LogP contribution in [-0.4, -0.2) is 22.9 Å². The molecule has 80 valence electrons. The van der Waals surface area contributed by atoms with E-state index < -0.39 is 0 Å². The van der Waals surface area contributed by atoms with Crippen LogP contribution in [0.5, 0.6) is 0 Å². The molecule has 0 spiro atoms. The lowest BCUT2D eigenvalue weighted by Gasteiger charge is -2.37. The van der Waals surface area contributed by atoms with Crippen LogP contribution in [0.2, 0.25) is 0 Å². The number of hydrogen-bond donors (Lipinski definition) is 1. The lowest BCUT2D eigenvalue weighted by atomic mass is 9.70. The Kier molecular flexibility index (Phi) is 2.33. The summed E-state index contributed by atoms with van der Waals surface area (Å²) in [5.41, 5.74) is 1.58. The first-order chi connectivity index (χ1) is 6.58. The molecular weight excluding hydrogens is 194 g/mol. The third kappa shape index (κ3) is 1.02. The van der Waals surface area contributed by atoms with Crippen LogP contribution in [-0.2, 0) is 0 Å². The second kappa shape index (κ2) is 3.16. The molecule has 3 heteroatoms. The van der Waals surface area contributed by atoms with E-state index in [4.69, 9.17) is 5.21 Å². The van der Waals surface area contributed by atoms with Gasteiger partial charge in [-0.05, 0) is 36.9 Å². The van der Waals surface area contributed by atoms with Crippen molar-refractivity contribution in [3.8, 4) is 0 Å². The summed E-state index contributed by atoms with van der Waals surface area (Å²) in [6, 6.07) is 0. The van der Waals surface area contributed by atoms with Crippen molar-refractivity contribution in [1.29, 1.82) is 0 Å². The van der Waals surface area contributed by atoms with Crippen LogP contribution in [0, 0.1) is 16.7 Å². The molecule has 2 aliphatic rings. The third-order valence-corrected chi connectivity index (χ3v) is 5.46. The molecule has 14 heavy (non-hydrogen) atoms. The maximum absolute atomic E-state index is 9.09. The Bertz CT molecular complexity index is 274. The first-order valence-electron chi connectivity index (χ1n) is 5.29. The van der Waals surface area contributed by atoms with Crippen LogP contribution in [0.4, 0.5) is 0 Å². The van der Waals surface area contributed by atoms with Gasteiger partial charge in [-0.25, -0.2) is 0 Å². The van der Waals surface area contributed by atoms with Crippen LogP contribution in [0.25, 0.3) is 0 Å². The van der Waals surface area contributed by atoms with Gasteiger partial charge >= 0.3 is 0 Å². The van der Waals surface area contributed by atoms with Crippen molar-refractivity contribution < 1.29 is 5.21 Å². The van der Waals surface area contributed by atoms with Gasteiger partial charge in [-0.15, -0.1) is 0 Å². The van der Waals surface area contributed by atoms with Gasteiger partial charge < -0.3 is 5.21 Å². The summed E-state index contributed by atoms with van der Waals surface area (Å²) in [5, 5.41) is 12.7. The molecule has 0 amide bonds. The van der Waals surface area contributed by atoms with E-state index in [1.165, 1.54) is 12.8 Å². The average molecular weight is 213 g/mol. The molecule has 0 heterocycles. The van der Waals surface area contributed by atoms with Gasteiger partial charge in [0.25, 0.3) is 0 Å². The maximum Gasteiger partial charge on any atom is 0.0649 e. The van der Waals surface area contributed by atoms with Crippen molar-refractivity contribution in [3.63, 3.8) is 0 Å². The number of oxime groups is 1. The minimum absolute atomic E-state index is 0.186. The Morgan fingerprint density at radius 2 is 2.29 bits per heavy atom. The molecule has 2 bridgehead atoms. The predicted octanol–water partition coefficient (Wildman–Crippen LogP) is 3.01. The van der Waals surface area contributed by atoms with Gasteiger partial charge in [0.05, 0.1) is 5.71 Å². The summed E-state index contributed by atoms with van der Waals surface area (Å²) < 4.78 is 0. The highest BCUT2D eigenvalue weighted by atomic mass is 32.2. The lowest BCUT2D eigenvalue weighted by molar-refractivity contribution is 0.195. The molecule has 0 aliphatic heterocycles. The van der Waals surface area contributed by atoms with Crippen LogP contribution < -0.4 is 0 Å². The van der Waals surface area contributed by atoms with Gasteiger partial charge in [-0.1, -0.05) is 19.0 Å². The van der Waals surface area contributed by atoms with Crippen LogP contribution in [0.3, 0.4) is 0 Å². The standard InChI is InChI=1S/C11H19NOS/c1-10(2)8-4-5-11(10,7-14-3)9(6-8)12-13/h8,13H,4-7H2,1-3H3/b12-9+/t8-,11-/m1/s1. The maximum atomic E-state index is 9.09. The molecule has 0 aromatic carbocycles. The van der Waals surface area contributed by atoms with Gasteiger partial charge in [-0.2, -0.15) is 11.8 Å². The molecule has 0 aromatic rings. The first kappa shape index (κ1) is 10.3. The molecule has 2 atom stereocenters. The minimum Gasteiger partial charge on any atom is -0.411 e. The van der Waals surface area contributed by atoms with Crippen molar-refractivity contribution in [3.05, 3.63) is 0 Å². The largest absolute Gasteiger partial charge is 0.411 e. The zero-order chi connectivity index (χ0) is 10.4. The van der Waals surface area contributed by atoms with Crippen LogP contribution in [0.1, 0.15) is 33.1 Å². The molecular formula is C11H19NOS. The Labute approximate surface area is 90.1 Å². The fourth-order valence-electron chi connectivity index (χ4n) is 3.52. The van der Waals surface area contributed by atoms with E-state index in [2.05, 4.69) is 25.3 Å².